The Labute approximate surface area is 140 Å². The molecule has 0 spiro atoms. The first kappa shape index (κ1) is 16.3. The van der Waals surface area contributed by atoms with E-state index in [4.69, 9.17) is 0 Å². The van der Waals surface area contributed by atoms with E-state index in [0.29, 0.717) is 5.69 Å². The quantitative estimate of drug-likeness (QED) is 0.918. The molecule has 0 radical (unpaired) electrons. The largest absolute Gasteiger partial charge is 0.338 e. The fourth-order valence-corrected chi connectivity index (χ4v) is 4.36. The van der Waals surface area contributed by atoms with Crippen LogP contribution in [0.5, 0.6) is 0 Å². The van der Waals surface area contributed by atoms with Gasteiger partial charge in [0, 0.05) is 23.5 Å². The molecule has 124 valence electrons. The van der Waals surface area contributed by atoms with E-state index in [2.05, 4.69) is 4.72 Å². The van der Waals surface area contributed by atoms with Crippen molar-refractivity contribution in [2.24, 2.45) is 0 Å². The Hall–Kier alpha value is -1.60. The molecule has 5 nitrogen and oxygen atoms in total. The van der Waals surface area contributed by atoms with Crippen molar-refractivity contribution < 1.29 is 13.2 Å². The van der Waals surface area contributed by atoms with Gasteiger partial charge in [0.25, 0.3) is 5.91 Å². The first-order valence-corrected chi connectivity index (χ1v) is 10.3. The molecule has 0 saturated carbocycles. The Balaban J connectivity index is 1.85. The average molecular weight is 352 g/mol. The van der Waals surface area contributed by atoms with Gasteiger partial charge < -0.3 is 4.90 Å². The average Bonchev–Trinajstić information content (AvgIpc) is 2.98. The maximum Gasteiger partial charge on any atom is 0.263 e. The molecule has 0 unspecified atom stereocenters. The second kappa shape index (κ2) is 6.49. The van der Waals surface area contributed by atoms with E-state index in [1.807, 2.05) is 17.0 Å². The lowest BCUT2D eigenvalue weighted by molar-refractivity contribution is 0.0729. The van der Waals surface area contributed by atoms with Gasteiger partial charge in [0.2, 0.25) is 10.0 Å². The zero-order valence-corrected chi connectivity index (χ0v) is 14.7. The molecule has 1 aromatic carbocycles. The van der Waals surface area contributed by atoms with Gasteiger partial charge >= 0.3 is 0 Å². The van der Waals surface area contributed by atoms with Gasteiger partial charge in [0.1, 0.15) is 0 Å². The minimum atomic E-state index is -3.29. The fraction of sp³-hybridized carbons (Fsp3) is 0.438. The smallest absolute Gasteiger partial charge is 0.263 e. The number of carbonyl (C=O) groups is 1. The van der Waals surface area contributed by atoms with E-state index < -0.39 is 10.0 Å². The van der Waals surface area contributed by atoms with E-state index >= 15 is 0 Å². The van der Waals surface area contributed by atoms with Crippen LogP contribution in [0.2, 0.25) is 0 Å². The third kappa shape index (κ3) is 3.67. The predicted octanol–water partition coefficient (Wildman–Crippen LogP) is 3.29. The van der Waals surface area contributed by atoms with Crippen LogP contribution in [0, 0.1) is 0 Å². The van der Waals surface area contributed by atoms with Crippen LogP contribution < -0.4 is 4.72 Å². The Morgan fingerprint density at radius 3 is 2.65 bits per heavy atom. The van der Waals surface area contributed by atoms with Crippen LogP contribution in [-0.2, 0) is 10.0 Å². The Bertz CT molecular complexity index is 821. The highest BCUT2D eigenvalue weighted by Crippen LogP contribution is 2.30. The van der Waals surface area contributed by atoms with Crippen LogP contribution in [-0.4, -0.2) is 38.1 Å². The SMILES string of the molecule is CCS(=O)(=O)Nc1ccc2sc(C(=O)N3CCCCC3)cc2c1. The molecule has 1 N–H and O–H groups in total. The number of benzene rings is 1. The van der Waals surface area contributed by atoms with Gasteiger partial charge in [-0.25, -0.2) is 8.42 Å². The van der Waals surface area contributed by atoms with Gasteiger partial charge in [-0.15, -0.1) is 11.3 Å². The number of amides is 1. The summed E-state index contributed by atoms with van der Waals surface area (Å²) in [6.07, 6.45) is 3.33. The lowest BCUT2D eigenvalue weighted by Gasteiger charge is -2.26. The predicted molar refractivity (Wildman–Crippen MR) is 94.7 cm³/mol. The number of nitrogens with one attached hydrogen (secondary N) is 1. The first-order valence-electron chi connectivity index (χ1n) is 7.82. The van der Waals surface area contributed by atoms with Gasteiger partial charge in [-0.05, 0) is 55.8 Å². The second-order valence-corrected chi connectivity index (χ2v) is 8.82. The lowest BCUT2D eigenvalue weighted by atomic mass is 10.1. The van der Waals surface area contributed by atoms with Crippen molar-refractivity contribution >= 4 is 43.0 Å². The third-order valence-electron chi connectivity index (χ3n) is 4.02. The summed E-state index contributed by atoms with van der Waals surface area (Å²) in [6.45, 7) is 3.25. The summed E-state index contributed by atoms with van der Waals surface area (Å²) in [6, 6.07) is 7.24. The molecule has 2 aromatic rings. The highest BCUT2D eigenvalue weighted by atomic mass is 32.2. The topological polar surface area (TPSA) is 66.5 Å². The minimum Gasteiger partial charge on any atom is -0.338 e. The number of piperidine rings is 1. The van der Waals surface area contributed by atoms with Crippen molar-refractivity contribution in [3.05, 3.63) is 29.1 Å². The number of hydrogen-bond donors (Lipinski definition) is 1. The number of rotatable bonds is 4. The van der Waals surface area contributed by atoms with Crippen molar-refractivity contribution in [3.8, 4) is 0 Å². The summed E-state index contributed by atoms with van der Waals surface area (Å²) < 4.78 is 26.8. The summed E-state index contributed by atoms with van der Waals surface area (Å²) in [5.74, 6) is 0.120. The molecule has 23 heavy (non-hydrogen) atoms. The number of anilines is 1. The van der Waals surface area contributed by atoms with E-state index in [-0.39, 0.29) is 11.7 Å². The first-order chi connectivity index (χ1) is 11.0. The number of sulfonamides is 1. The van der Waals surface area contributed by atoms with Gasteiger partial charge in [0.05, 0.1) is 10.6 Å². The molecule has 1 aliphatic rings. The maximum absolute atomic E-state index is 12.6. The molecule has 0 atom stereocenters. The van der Waals surface area contributed by atoms with E-state index in [1.165, 1.54) is 17.8 Å². The van der Waals surface area contributed by atoms with E-state index in [9.17, 15) is 13.2 Å². The Morgan fingerprint density at radius 1 is 1.22 bits per heavy atom. The molecule has 7 heteroatoms. The van der Waals surface area contributed by atoms with Crippen LogP contribution in [0.3, 0.4) is 0 Å². The summed E-state index contributed by atoms with van der Waals surface area (Å²) in [4.78, 5) is 15.2. The molecule has 1 aromatic heterocycles. The monoisotopic (exact) mass is 352 g/mol. The molecule has 1 fully saturated rings. The second-order valence-electron chi connectivity index (χ2n) is 5.72. The van der Waals surface area contributed by atoms with Crippen LogP contribution in [0.1, 0.15) is 35.9 Å². The van der Waals surface area contributed by atoms with Gasteiger partial charge in [0.15, 0.2) is 0 Å². The summed E-state index contributed by atoms with van der Waals surface area (Å²) in [7, 11) is -3.29. The van der Waals surface area contributed by atoms with Gasteiger partial charge in [-0.2, -0.15) is 0 Å². The number of carbonyl (C=O) groups excluding carboxylic acids is 1. The standard InChI is InChI=1S/C16H20N2O3S2/c1-2-23(20,21)17-13-6-7-14-12(10-13)11-15(22-14)16(19)18-8-4-3-5-9-18/h6-7,10-11,17H,2-5,8-9H2,1H3. The van der Waals surface area contributed by atoms with Crippen molar-refractivity contribution in [1.82, 2.24) is 4.90 Å². The van der Waals surface area contributed by atoms with Crippen molar-refractivity contribution in [2.75, 3.05) is 23.6 Å². The highest BCUT2D eigenvalue weighted by Gasteiger charge is 2.20. The van der Waals surface area contributed by atoms with E-state index in [0.717, 1.165) is 40.9 Å². The molecule has 1 aliphatic heterocycles. The number of fused-ring (bicyclic) bond motifs is 1. The Kier molecular flexibility index (Phi) is 4.59. The number of thiophene rings is 1. The van der Waals surface area contributed by atoms with Gasteiger partial charge in [-0.1, -0.05) is 0 Å². The summed E-state index contributed by atoms with van der Waals surface area (Å²) >= 11 is 1.46. The van der Waals surface area contributed by atoms with Crippen molar-refractivity contribution in [3.63, 3.8) is 0 Å². The number of likely N-dealkylation sites (tertiary alicyclic amines) is 1. The summed E-state index contributed by atoms with van der Waals surface area (Å²) in [5, 5.41) is 0.895. The molecule has 0 aliphatic carbocycles. The zero-order valence-electron chi connectivity index (χ0n) is 13.0. The third-order valence-corrected chi connectivity index (χ3v) is 6.43. The van der Waals surface area contributed by atoms with E-state index in [1.54, 1.807) is 19.1 Å². The molecule has 1 saturated heterocycles. The number of nitrogens with zero attached hydrogens (tertiary/aromatic N) is 1. The minimum absolute atomic E-state index is 0.0351. The van der Waals surface area contributed by atoms with Crippen molar-refractivity contribution in [1.29, 1.82) is 0 Å². The molecule has 3 rings (SSSR count). The highest BCUT2D eigenvalue weighted by molar-refractivity contribution is 7.92. The van der Waals surface area contributed by atoms with Crippen LogP contribution in [0.4, 0.5) is 5.69 Å². The molecular weight excluding hydrogens is 332 g/mol. The number of hydrogen-bond acceptors (Lipinski definition) is 4. The van der Waals surface area contributed by atoms with Crippen LogP contribution >= 0.6 is 11.3 Å². The molecule has 1 amide bonds. The zero-order chi connectivity index (χ0) is 16.4. The molecule has 0 bridgehead atoms. The van der Waals surface area contributed by atoms with Crippen molar-refractivity contribution in [2.45, 2.75) is 26.2 Å². The molecular formula is C16H20N2O3S2. The Morgan fingerprint density at radius 2 is 1.96 bits per heavy atom. The lowest BCUT2D eigenvalue weighted by Crippen LogP contribution is -2.35. The fourth-order valence-electron chi connectivity index (χ4n) is 2.72. The molecule has 2 heterocycles. The van der Waals surface area contributed by atoms with Crippen LogP contribution in [0.25, 0.3) is 10.1 Å². The van der Waals surface area contributed by atoms with Crippen LogP contribution in [0.15, 0.2) is 24.3 Å². The summed E-state index contributed by atoms with van der Waals surface area (Å²) in [5.41, 5.74) is 0.536. The maximum atomic E-state index is 12.6. The normalized spacial score (nSPS) is 15.8. The van der Waals surface area contributed by atoms with Gasteiger partial charge in [-0.3, -0.25) is 9.52 Å².